The fourth-order valence-electron chi connectivity index (χ4n) is 5.06. The number of likely N-dealkylation sites (tertiary alicyclic amines) is 1. The zero-order valence-electron chi connectivity index (χ0n) is 17.4. The number of amides is 2. The molecule has 0 aliphatic carbocycles. The molecule has 1 spiro atoms. The van der Waals surface area contributed by atoms with Crippen molar-refractivity contribution >= 4 is 29.1 Å². The van der Waals surface area contributed by atoms with Crippen LogP contribution < -0.4 is 4.90 Å². The number of para-hydroxylation sites is 1. The van der Waals surface area contributed by atoms with E-state index in [4.69, 9.17) is 11.6 Å². The van der Waals surface area contributed by atoms with Crippen LogP contribution in [0.2, 0.25) is 5.02 Å². The second-order valence-corrected chi connectivity index (χ2v) is 8.85. The molecule has 3 aromatic rings. The van der Waals surface area contributed by atoms with Gasteiger partial charge in [-0.05, 0) is 54.8 Å². The minimum absolute atomic E-state index is 0.0251. The summed E-state index contributed by atoms with van der Waals surface area (Å²) in [7, 11) is 1.88. The van der Waals surface area contributed by atoms with Crippen molar-refractivity contribution in [3.8, 4) is 0 Å². The third-order valence-electron chi connectivity index (χ3n) is 6.75. The van der Waals surface area contributed by atoms with E-state index in [-0.39, 0.29) is 17.9 Å². The molecule has 5 rings (SSSR count). The molecule has 2 fully saturated rings. The van der Waals surface area contributed by atoms with Crippen LogP contribution in [0.25, 0.3) is 0 Å². The molecule has 0 N–H and O–H groups in total. The Bertz CT molecular complexity index is 1120. The Balaban J connectivity index is 1.44. The van der Waals surface area contributed by atoms with E-state index in [2.05, 4.69) is 0 Å². The number of halogens is 1. The molecule has 0 radical (unpaired) electrons. The van der Waals surface area contributed by atoms with E-state index in [1.165, 1.54) is 0 Å². The lowest BCUT2D eigenvalue weighted by atomic mass is 9.62. The highest BCUT2D eigenvalue weighted by molar-refractivity contribution is 6.30. The summed E-state index contributed by atoms with van der Waals surface area (Å²) in [5.41, 5.74) is 2.17. The molecule has 6 heteroatoms. The van der Waals surface area contributed by atoms with Crippen LogP contribution in [-0.4, -0.2) is 34.4 Å². The van der Waals surface area contributed by atoms with Crippen LogP contribution in [0.15, 0.2) is 72.9 Å². The lowest BCUT2D eigenvalue weighted by Crippen LogP contribution is -2.67. The van der Waals surface area contributed by atoms with Gasteiger partial charge in [0.15, 0.2) is 0 Å². The summed E-state index contributed by atoms with van der Waals surface area (Å²) in [6.07, 6.45) is 3.18. The summed E-state index contributed by atoms with van der Waals surface area (Å²) >= 11 is 6.13. The molecule has 0 bridgehead atoms. The molecule has 1 atom stereocenters. The fourth-order valence-corrected chi connectivity index (χ4v) is 5.19. The van der Waals surface area contributed by atoms with E-state index in [1.807, 2.05) is 94.3 Å². The number of carbonyl (C=O) groups excluding carboxylic acids is 2. The molecule has 2 saturated heterocycles. The topological polar surface area (TPSA) is 45.6 Å². The average Bonchev–Trinajstić information content (AvgIpc) is 3.24. The lowest BCUT2D eigenvalue weighted by Gasteiger charge is -2.59. The highest BCUT2D eigenvalue weighted by Crippen LogP contribution is 2.57. The Morgan fingerprint density at radius 1 is 0.968 bits per heavy atom. The largest absolute Gasteiger partial charge is 0.347 e. The van der Waals surface area contributed by atoms with Crippen molar-refractivity contribution in [3.63, 3.8) is 0 Å². The number of benzene rings is 2. The Morgan fingerprint density at radius 2 is 1.65 bits per heavy atom. The number of aryl methyl sites for hydroxylation is 1. The number of rotatable bonds is 3. The minimum atomic E-state index is -0.491. The molecule has 2 aromatic carbocycles. The Morgan fingerprint density at radius 3 is 2.26 bits per heavy atom. The molecule has 0 saturated carbocycles. The summed E-state index contributed by atoms with van der Waals surface area (Å²) < 4.78 is 1.84. The number of hydrogen-bond donors (Lipinski definition) is 0. The van der Waals surface area contributed by atoms with Crippen LogP contribution in [-0.2, 0) is 11.8 Å². The molecule has 1 unspecified atom stereocenters. The molecular weight excluding hydrogens is 410 g/mol. The van der Waals surface area contributed by atoms with Gasteiger partial charge in [0, 0.05) is 37.0 Å². The van der Waals surface area contributed by atoms with Crippen molar-refractivity contribution < 1.29 is 9.59 Å². The standard InChI is InChI=1S/C25H24ClN3O2/c1-27-15-5-8-21(27)23(30)28-16-13-25(14-17-28)22(18-9-11-19(26)12-10-18)29(24(25)31)20-6-3-2-4-7-20/h2-12,15,22H,13-14,16-17H2,1H3. The SMILES string of the molecule is Cn1cccc1C(=O)N1CCC2(CC1)C(=O)N(c1ccccc1)C2c1ccc(Cl)cc1. The van der Waals surface area contributed by atoms with Gasteiger partial charge in [0.25, 0.3) is 5.91 Å². The highest BCUT2D eigenvalue weighted by atomic mass is 35.5. The van der Waals surface area contributed by atoms with Crippen molar-refractivity contribution in [2.45, 2.75) is 18.9 Å². The quantitative estimate of drug-likeness (QED) is 0.562. The summed E-state index contributed by atoms with van der Waals surface area (Å²) in [6, 6.07) is 21.2. The first-order valence-corrected chi connectivity index (χ1v) is 10.9. The van der Waals surface area contributed by atoms with Crippen molar-refractivity contribution in [1.29, 1.82) is 0 Å². The maximum absolute atomic E-state index is 13.5. The van der Waals surface area contributed by atoms with Gasteiger partial charge in [-0.25, -0.2) is 0 Å². The zero-order valence-corrected chi connectivity index (χ0v) is 18.1. The third-order valence-corrected chi connectivity index (χ3v) is 7.00. The molecule has 1 aromatic heterocycles. The molecule has 5 nitrogen and oxygen atoms in total. The molecule has 2 amide bonds. The number of anilines is 1. The van der Waals surface area contributed by atoms with Gasteiger partial charge >= 0.3 is 0 Å². The molecule has 31 heavy (non-hydrogen) atoms. The molecule has 3 heterocycles. The molecule has 2 aliphatic heterocycles. The van der Waals surface area contributed by atoms with Gasteiger partial charge in [-0.2, -0.15) is 0 Å². The van der Waals surface area contributed by atoms with Gasteiger partial charge in [-0.1, -0.05) is 41.9 Å². The average molecular weight is 434 g/mol. The van der Waals surface area contributed by atoms with Gasteiger partial charge in [0.05, 0.1) is 11.5 Å². The van der Waals surface area contributed by atoms with Crippen LogP contribution in [0.5, 0.6) is 0 Å². The van der Waals surface area contributed by atoms with Crippen LogP contribution in [0.1, 0.15) is 34.9 Å². The molecular formula is C25H24ClN3O2. The normalized spacial score (nSPS) is 20.1. The fraction of sp³-hybridized carbons (Fsp3) is 0.280. The number of β-lactam (4-membered cyclic amide) rings is 1. The van der Waals surface area contributed by atoms with E-state index in [1.54, 1.807) is 0 Å². The first kappa shape index (κ1) is 19.9. The Labute approximate surface area is 186 Å². The number of carbonyl (C=O) groups is 2. The Hall–Kier alpha value is -3.05. The first-order valence-electron chi connectivity index (χ1n) is 10.6. The van der Waals surface area contributed by atoms with Crippen molar-refractivity contribution in [2.24, 2.45) is 12.5 Å². The first-order chi connectivity index (χ1) is 15.0. The van der Waals surface area contributed by atoms with Crippen molar-refractivity contribution in [2.75, 3.05) is 18.0 Å². The summed E-state index contributed by atoms with van der Waals surface area (Å²) in [5.74, 6) is 0.168. The van der Waals surface area contributed by atoms with Crippen LogP contribution in [0.3, 0.4) is 0 Å². The lowest BCUT2D eigenvalue weighted by molar-refractivity contribution is -0.144. The second-order valence-electron chi connectivity index (χ2n) is 8.42. The second kappa shape index (κ2) is 7.57. The number of aromatic nitrogens is 1. The van der Waals surface area contributed by atoms with Crippen molar-refractivity contribution in [3.05, 3.63) is 89.2 Å². The monoisotopic (exact) mass is 433 g/mol. The van der Waals surface area contributed by atoms with E-state index in [0.717, 1.165) is 11.3 Å². The number of hydrogen-bond acceptors (Lipinski definition) is 2. The van der Waals surface area contributed by atoms with E-state index < -0.39 is 5.41 Å². The molecule has 2 aliphatic rings. The smallest absolute Gasteiger partial charge is 0.270 e. The summed E-state index contributed by atoms with van der Waals surface area (Å²) in [4.78, 5) is 30.3. The van der Waals surface area contributed by atoms with Gasteiger partial charge in [-0.3, -0.25) is 9.59 Å². The van der Waals surface area contributed by atoms with Crippen LogP contribution in [0, 0.1) is 5.41 Å². The summed E-state index contributed by atoms with van der Waals surface area (Å²) in [6.45, 7) is 1.14. The van der Waals surface area contributed by atoms with E-state index in [0.29, 0.717) is 36.6 Å². The summed E-state index contributed by atoms with van der Waals surface area (Å²) in [5, 5.41) is 0.678. The van der Waals surface area contributed by atoms with E-state index in [9.17, 15) is 9.59 Å². The van der Waals surface area contributed by atoms with E-state index >= 15 is 0 Å². The number of nitrogens with zero attached hydrogens (tertiary/aromatic N) is 3. The van der Waals surface area contributed by atoms with Crippen LogP contribution in [0.4, 0.5) is 5.69 Å². The number of piperidine rings is 1. The minimum Gasteiger partial charge on any atom is -0.347 e. The van der Waals surface area contributed by atoms with Crippen molar-refractivity contribution in [1.82, 2.24) is 9.47 Å². The third kappa shape index (κ3) is 3.15. The van der Waals surface area contributed by atoms with Crippen LogP contribution >= 0.6 is 11.6 Å². The molecule has 158 valence electrons. The van der Waals surface area contributed by atoms with Gasteiger partial charge in [-0.15, -0.1) is 0 Å². The predicted octanol–water partition coefficient (Wildman–Crippen LogP) is 4.69. The van der Waals surface area contributed by atoms with Gasteiger partial charge in [0.1, 0.15) is 5.69 Å². The van der Waals surface area contributed by atoms with Gasteiger partial charge in [0.2, 0.25) is 5.91 Å². The predicted molar refractivity (Wildman–Crippen MR) is 121 cm³/mol. The van der Waals surface area contributed by atoms with Gasteiger partial charge < -0.3 is 14.4 Å². The zero-order chi connectivity index (χ0) is 21.6. The highest BCUT2D eigenvalue weighted by Gasteiger charge is 2.62. The maximum atomic E-state index is 13.5. The Kier molecular flexibility index (Phi) is 4.86. The maximum Gasteiger partial charge on any atom is 0.270 e.